The van der Waals surface area contributed by atoms with E-state index >= 15 is 0 Å². The summed E-state index contributed by atoms with van der Waals surface area (Å²) in [7, 11) is 4.04. The van der Waals surface area contributed by atoms with Crippen molar-refractivity contribution in [3.05, 3.63) is 35.9 Å². The molecule has 0 fully saturated rings. The highest BCUT2D eigenvalue weighted by Gasteiger charge is 1.92. The molecule has 0 unspecified atom stereocenters. The van der Waals surface area contributed by atoms with E-state index in [-0.39, 0.29) is 0 Å². The average Bonchev–Trinajstić information content (AvgIpc) is 2.28. The summed E-state index contributed by atoms with van der Waals surface area (Å²) in [4.78, 5) is 2.20. The van der Waals surface area contributed by atoms with Gasteiger partial charge in [0.15, 0.2) is 0 Å². The van der Waals surface area contributed by atoms with Crippen LogP contribution in [-0.4, -0.2) is 38.6 Å². The Bertz CT molecular complexity index is 321. The summed E-state index contributed by atoms with van der Waals surface area (Å²) in [5, 5.41) is 3.12. The Morgan fingerprint density at radius 1 is 1.27 bits per heavy atom. The molecule has 0 aliphatic rings. The highest BCUT2D eigenvalue weighted by atomic mass is 15.1. The normalized spacial score (nSPS) is 9.80. The van der Waals surface area contributed by atoms with Gasteiger partial charge in [0, 0.05) is 18.7 Å². The van der Waals surface area contributed by atoms with Crippen molar-refractivity contribution in [3.8, 4) is 11.8 Å². The number of hydrogen-bond acceptors (Lipinski definition) is 2. The van der Waals surface area contributed by atoms with E-state index in [0.717, 1.165) is 25.2 Å². The summed E-state index contributed by atoms with van der Waals surface area (Å²) < 4.78 is 0. The third-order valence-corrected chi connectivity index (χ3v) is 2.10. The van der Waals surface area contributed by atoms with E-state index in [0.29, 0.717) is 0 Å². The van der Waals surface area contributed by atoms with Gasteiger partial charge in [0.05, 0.1) is 6.54 Å². The summed E-state index contributed by atoms with van der Waals surface area (Å²) in [6.07, 6.45) is 0. The van der Waals surface area contributed by atoms with Crippen LogP contribution < -0.4 is 5.32 Å². The van der Waals surface area contributed by atoms with Crippen LogP contribution in [0, 0.1) is 11.8 Å². The lowest BCUT2D eigenvalue weighted by Gasteiger charge is -2.11. The third kappa shape index (κ3) is 5.21. The standard InChI is InChI=1S/C13H18N2/c1-14-10-12-15(2)11-6-9-13-7-4-3-5-8-13/h3-5,7-8,14H,10-12H2,1-2H3. The highest BCUT2D eigenvalue weighted by Crippen LogP contribution is 1.94. The second-order valence-electron chi connectivity index (χ2n) is 3.51. The van der Waals surface area contributed by atoms with Crippen molar-refractivity contribution in [1.29, 1.82) is 0 Å². The maximum Gasteiger partial charge on any atom is 0.0603 e. The van der Waals surface area contributed by atoms with E-state index in [4.69, 9.17) is 0 Å². The van der Waals surface area contributed by atoms with Gasteiger partial charge >= 0.3 is 0 Å². The molecule has 0 atom stereocenters. The molecular formula is C13H18N2. The van der Waals surface area contributed by atoms with Crippen molar-refractivity contribution in [2.24, 2.45) is 0 Å². The summed E-state index contributed by atoms with van der Waals surface area (Å²) in [6.45, 7) is 2.85. The zero-order chi connectivity index (χ0) is 10.9. The summed E-state index contributed by atoms with van der Waals surface area (Å²) in [5.41, 5.74) is 1.08. The van der Waals surface area contributed by atoms with E-state index in [2.05, 4.69) is 29.1 Å². The van der Waals surface area contributed by atoms with Crippen molar-refractivity contribution in [3.63, 3.8) is 0 Å². The third-order valence-electron chi connectivity index (χ3n) is 2.10. The van der Waals surface area contributed by atoms with Crippen LogP contribution in [0.5, 0.6) is 0 Å². The Morgan fingerprint density at radius 2 is 2.00 bits per heavy atom. The molecule has 1 aromatic rings. The van der Waals surface area contributed by atoms with Gasteiger partial charge in [0.1, 0.15) is 0 Å². The molecule has 0 spiro atoms. The number of likely N-dealkylation sites (N-methyl/N-ethyl adjacent to an activating group) is 2. The number of benzene rings is 1. The summed E-state index contributed by atoms with van der Waals surface area (Å²) in [5.74, 6) is 6.30. The smallest absolute Gasteiger partial charge is 0.0603 e. The molecule has 0 aliphatic carbocycles. The van der Waals surface area contributed by atoms with Gasteiger partial charge in [-0.15, -0.1) is 0 Å². The first-order valence-corrected chi connectivity index (χ1v) is 5.20. The predicted octanol–water partition coefficient (Wildman–Crippen LogP) is 1.19. The number of rotatable bonds is 4. The maximum absolute atomic E-state index is 3.16. The van der Waals surface area contributed by atoms with Gasteiger partial charge < -0.3 is 5.32 Å². The lowest BCUT2D eigenvalue weighted by atomic mass is 10.2. The first-order chi connectivity index (χ1) is 7.33. The van der Waals surface area contributed by atoms with Crippen LogP contribution in [0.3, 0.4) is 0 Å². The molecule has 1 N–H and O–H groups in total. The minimum Gasteiger partial charge on any atom is -0.318 e. The molecule has 2 nitrogen and oxygen atoms in total. The Morgan fingerprint density at radius 3 is 2.67 bits per heavy atom. The van der Waals surface area contributed by atoms with E-state index in [1.807, 2.05) is 37.4 Å². The molecule has 0 saturated carbocycles. The second kappa shape index (κ2) is 7.05. The monoisotopic (exact) mass is 202 g/mol. The summed E-state index contributed by atoms with van der Waals surface area (Å²) in [6, 6.07) is 10.1. The van der Waals surface area contributed by atoms with Gasteiger partial charge in [-0.3, -0.25) is 4.90 Å². The van der Waals surface area contributed by atoms with Crippen LogP contribution in [0.4, 0.5) is 0 Å². The summed E-state index contributed by atoms with van der Waals surface area (Å²) >= 11 is 0. The lowest BCUT2D eigenvalue weighted by molar-refractivity contribution is 0.376. The molecule has 0 aromatic heterocycles. The molecule has 2 heteroatoms. The predicted molar refractivity (Wildman–Crippen MR) is 64.7 cm³/mol. The molecule has 0 saturated heterocycles. The topological polar surface area (TPSA) is 15.3 Å². The van der Waals surface area contributed by atoms with Gasteiger partial charge in [0.25, 0.3) is 0 Å². The fourth-order valence-electron chi connectivity index (χ4n) is 1.18. The van der Waals surface area contributed by atoms with Crippen molar-refractivity contribution < 1.29 is 0 Å². The minimum atomic E-state index is 0.816. The van der Waals surface area contributed by atoms with Crippen LogP contribution in [0.1, 0.15) is 5.56 Å². The first kappa shape index (κ1) is 11.8. The molecule has 1 aromatic carbocycles. The fourth-order valence-corrected chi connectivity index (χ4v) is 1.18. The molecular weight excluding hydrogens is 184 g/mol. The van der Waals surface area contributed by atoms with Crippen molar-refractivity contribution in [1.82, 2.24) is 10.2 Å². The number of nitrogens with zero attached hydrogens (tertiary/aromatic N) is 1. The Kier molecular flexibility index (Phi) is 5.54. The molecule has 80 valence electrons. The van der Waals surface area contributed by atoms with Crippen molar-refractivity contribution in [2.45, 2.75) is 0 Å². The van der Waals surface area contributed by atoms with Crippen LogP contribution in [0.15, 0.2) is 30.3 Å². The number of hydrogen-bond donors (Lipinski definition) is 1. The van der Waals surface area contributed by atoms with E-state index in [1.54, 1.807) is 0 Å². The molecule has 0 aliphatic heterocycles. The molecule has 0 amide bonds. The zero-order valence-electron chi connectivity index (χ0n) is 9.46. The highest BCUT2D eigenvalue weighted by molar-refractivity contribution is 5.33. The molecule has 0 heterocycles. The zero-order valence-corrected chi connectivity index (χ0v) is 9.46. The van der Waals surface area contributed by atoms with Gasteiger partial charge in [0.2, 0.25) is 0 Å². The second-order valence-corrected chi connectivity index (χ2v) is 3.51. The molecule has 15 heavy (non-hydrogen) atoms. The van der Waals surface area contributed by atoms with Gasteiger partial charge in [-0.25, -0.2) is 0 Å². The Labute approximate surface area is 92.3 Å². The largest absolute Gasteiger partial charge is 0.318 e. The molecule has 1 rings (SSSR count). The molecule has 0 bridgehead atoms. The lowest BCUT2D eigenvalue weighted by Crippen LogP contribution is -2.27. The minimum absolute atomic E-state index is 0.816. The van der Waals surface area contributed by atoms with E-state index < -0.39 is 0 Å². The van der Waals surface area contributed by atoms with Gasteiger partial charge in [-0.1, -0.05) is 30.0 Å². The Balaban J connectivity index is 2.33. The van der Waals surface area contributed by atoms with E-state index in [9.17, 15) is 0 Å². The van der Waals surface area contributed by atoms with Crippen molar-refractivity contribution in [2.75, 3.05) is 33.7 Å². The SMILES string of the molecule is CNCCN(C)CC#Cc1ccccc1. The first-order valence-electron chi connectivity index (χ1n) is 5.20. The van der Waals surface area contributed by atoms with Crippen LogP contribution >= 0.6 is 0 Å². The van der Waals surface area contributed by atoms with Crippen LogP contribution in [0.2, 0.25) is 0 Å². The maximum atomic E-state index is 3.16. The average molecular weight is 202 g/mol. The van der Waals surface area contributed by atoms with Crippen molar-refractivity contribution >= 4 is 0 Å². The molecule has 0 radical (unpaired) electrons. The Hall–Kier alpha value is -1.30. The number of nitrogens with one attached hydrogen (secondary N) is 1. The van der Waals surface area contributed by atoms with E-state index in [1.165, 1.54) is 0 Å². The quantitative estimate of drug-likeness (QED) is 0.738. The van der Waals surface area contributed by atoms with Gasteiger partial charge in [-0.2, -0.15) is 0 Å². The van der Waals surface area contributed by atoms with Gasteiger partial charge in [-0.05, 0) is 26.2 Å². The fraction of sp³-hybridized carbons (Fsp3) is 0.385. The van der Waals surface area contributed by atoms with Crippen LogP contribution in [0.25, 0.3) is 0 Å². The van der Waals surface area contributed by atoms with Crippen LogP contribution in [-0.2, 0) is 0 Å².